The van der Waals surface area contributed by atoms with Gasteiger partial charge in [0.1, 0.15) is 0 Å². The molecule has 1 aromatic rings. The fourth-order valence-corrected chi connectivity index (χ4v) is 2.86. The van der Waals surface area contributed by atoms with Crippen LogP contribution in [0.15, 0.2) is 24.3 Å². The highest BCUT2D eigenvalue weighted by molar-refractivity contribution is 5.39. The van der Waals surface area contributed by atoms with Crippen molar-refractivity contribution >= 4 is 0 Å². The van der Waals surface area contributed by atoms with E-state index >= 15 is 0 Å². The Hall–Kier alpha value is -1.18. The molecule has 19 heavy (non-hydrogen) atoms. The van der Waals surface area contributed by atoms with Gasteiger partial charge < -0.3 is 9.47 Å². The third kappa shape index (κ3) is 4.77. The average molecular weight is 262 g/mol. The van der Waals surface area contributed by atoms with Crippen molar-refractivity contribution in [3.8, 4) is 11.5 Å². The Kier molecular flexibility index (Phi) is 6.06. The number of para-hydroxylation sites is 2. The molecule has 0 saturated heterocycles. The molecule has 0 amide bonds. The summed E-state index contributed by atoms with van der Waals surface area (Å²) in [4.78, 5) is 0. The van der Waals surface area contributed by atoms with E-state index in [0.29, 0.717) is 6.61 Å². The third-order valence-corrected chi connectivity index (χ3v) is 3.89. The highest BCUT2D eigenvalue weighted by Crippen LogP contribution is 2.29. The van der Waals surface area contributed by atoms with Crippen LogP contribution in [0.4, 0.5) is 0 Å². The van der Waals surface area contributed by atoms with Crippen LogP contribution in [0.5, 0.6) is 11.5 Å². The Balaban J connectivity index is 1.64. The minimum Gasteiger partial charge on any atom is -0.490 e. The number of hydrogen-bond donors (Lipinski definition) is 0. The molecule has 0 atom stereocenters. The first-order valence-electron chi connectivity index (χ1n) is 7.74. The maximum absolute atomic E-state index is 5.83. The van der Waals surface area contributed by atoms with Crippen LogP contribution in [0.2, 0.25) is 0 Å². The van der Waals surface area contributed by atoms with E-state index in [1.807, 2.05) is 31.2 Å². The van der Waals surface area contributed by atoms with Gasteiger partial charge in [-0.15, -0.1) is 0 Å². The first kappa shape index (κ1) is 14.2. The maximum Gasteiger partial charge on any atom is 0.161 e. The van der Waals surface area contributed by atoms with Gasteiger partial charge in [0.25, 0.3) is 0 Å². The summed E-state index contributed by atoms with van der Waals surface area (Å²) in [6.45, 7) is 3.48. The van der Waals surface area contributed by atoms with Crippen molar-refractivity contribution in [1.29, 1.82) is 0 Å². The Morgan fingerprint density at radius 1 is 1.00 bits per heavy atom. The topological polar surface area (TPSA) is 18.5 Å². The van der Waals surface area contributed by atoms with Gasteiger partial charge in [-0.05, 0) is 37.8 Å². The summed E-state index contributed by atoms with van der Waals surface area (Å²) in [7, 11) is 0. The lowest BCUT2D eigenvalue weighted by atomic mass is 10.0. The average Bonchev–Trinajstić information content (AvgIpc) is 2.94. The highest BCUT2D eigenvalue weighted by Gasteiger charge is 2.13. The van der Waals surface area contributed by atoms with E-state index in [2.05, 4.69) is 0 Å². The zero-order valence-electron chi connectivity index (χ0n) is 12.1. The SMILES string of the molecule is CCOc1ccccc1OCCCCC1CCCC1. The number of rotatable bonds is 8. The van der Waals surface area contributed by atoms with Crippen molar-refractivity contribution < 1.29 is 9.47 Å². The van der Waals surface area contributed by atoms with Gasteiger partial charge in [0.2, 0.25) is 0 Å². The Morgan fingerprint density at radius 3 is 2.37 bits per heavy atom. The van der Waals surface area contributed by atoms with Crippen LogP contribution in [-0.2, 0) is 0 Å². The van der Waals surface area contributed by atoms with Crippen molar-refractivity contribution in [2.24, 2.45) is 5.92 Å². The van der Waals surface area contributed by atoms with E-state index in [-0.39, 0.29) is 0 Å². The molecule has 0 aliphatic heterocycles. The minimum absolute atomic E-state index is 0.683. The molecule has 1 aliphatic carbocycles. The van der Waals surface area contributed by atoms with Gasteiger partial charge in [-0.25, -0.2) is 0 Å². The van der Waals surface area contributed by atoms with Crippen LogP contribution >= 0.6 is 0 Å². The molecule has 0 heterocycles. The number of unbranched alkanes of at least 4 members (excludes halogenated alkanes) is 1. The Morgan fingerprint density at radius 2 is 1.68 bits per heavy atom. The van der Waals surface area contributed by atoms with Crippen LogP contribution in [0, 0.1) is 5.92 Å². The van der Waals surface area contributed by atoms with Crippen molar-refractivity contribution in [3.05, 3.63) is 24.3 Å². The molecule has 2 nitrogen and oxygen atoms in total. The van der Waals surface area contributed by atoms with E-state index in [1.54, 1.807) is 0 Å². The van der Waals surface area contributed by atoms with E-state index in [9.17, 15) is 0 Å². The zero-order valence-corrected chi connectivity index (χ0v) is 12.1. The van der Waals surface area contributed by atoms with Crippen LogP contribution in [0.3, 0.4) is 0 Å². The first-order chi connectivity index (χ1) is 9.40. The Bertz CT molecular complexity index is 356. The van der Waals surface area contributed by atoms with E-state index < -0.39 is 0 Å². The molecule has 0 radical (unpaired) electrons. The number of hydrogen-bond acceptors (Lipinski definition) is 2. The van der Waals surface area contributed by atoms with Gasteiger partial charge in [0.15, 0.2) is 11.5 Å². The summed E-state index contributed by atoms with van der Waals surface area (Å²) in [5, 5.41) is 0. The second kappa shape index (κ2) is 8.08. The fourth-order valence-electron chi connectivity index (χ4n) is 2.86. The lowest BCUT2D eigenvalue weighted by Gasteiger charge is -2.12. The molecule has 1 aromatic carbocycles. The second-order valence-corrected chi connectivity index (χ2v) is 5.37. The van der Waals surface area contributed by atoms with Crippen LogP contribution in [-0.4, -0.2) is 13.2 Å². The predicted octanol–water partition coefficient (Wildman–Crippen LogP) is 4.82. The standard InChI is InChI=1S/C17H26O2/c1-2-18-16-12-5-6-13-17(16)19-14-8-7-11-15-9-3-4-10-15/h5-6,12-13,15H,2-4,7-11,14H2,1H3. The van der Waals surface area contributed by atoms with E-state index in [0.717, 1.165) is 30.4 Å². The normalized spacial score (nSPS) is 15.6. The second-order valence-electron chi connectivity index (χ2n) is 5.37. The molecule has 0 aromatic heterocycles. The van der Waals surface area contributed by atoms with Crippen LogP contribution in [0.25, 0.3) is 0 Å². The zero-order chi connectivity index (χ0) is 13.3. The van der Waals surface area contributed by atoms with Crippen LogP contribution in [0.1, 0.15) is 51.9 Å². The molecule has 0 unspecified atom stereocenters. The Labute approximate surface area is 117 Å². The van der Waals surface area contributed by atoms with Gasteiger partial charge in [-0.2, -0.15) is 0 Å². The predicted molar refractivity (Wildman–Crippen MR) is 78.9 cm³/mol. The number of benzene rings is 1. The summed E-state index contributed by atoms with van der Waals surface area (Å²) in [5.74, 6) is 2.74. The summed E-state index contributed by atoms with van der Waals surface area (Å²) in [6.07, 6.45) is 9.63. The molecule has 2 rings (SSSR count). The molecular formula is C17H26O2. The number of ether oxygens (including phenoxy) is 2. The van der Waals surface area contributed by atoms with Gasteiger partial charge in [0.05, 0.1) is 13.2 Å². The molecule has 0 spiro atoms. The summed E-state index contributed by atoms with van der Waals surface area (Å²) in [6, 6.07) is 7.94. The van der Waals surface area contributed by atoms with Gasteiger partial charge >= 0.3 is 0 Å². The molecule has 0 bridgehead atoms. The largest absolute Gasteiger partial charge is 0.490 e. The van der Waals surface area contributed by atoms with Crippen molar-refractivity contribution in [1.82, 2.24) is 0 Å². The molecule has 1 fully saturated rings. The van der Waals surface area contributed by atoms with Gasteiger partial charge in [0, 0.05) is 0 Å². The van der Waals surface area contributed by atoms with E-state index in [1.165, 1.54) is 38.5 Å². The lowest BCUT2D eigenvalue weighted by molar-refractivity contribution is 0.268. The molecule has 1 aliphatic rings. The van der Waals surface area contributed by atoms with Gasteiger partial charge in [-0.1, -0.05) is 44.2 Å². The smallest absolute Gasteiger partial charge is 0.161 e. The third-order valence-electron chi connectivity index (χ3n) is 3.89. The molecule has 1 saturated carbocycles. The molecular weight excluding hydrogens is 236 g/mol. The summed E-state index contributed by atoms with van der Waals surface area (Å²) < 4.78 is 11.4. The highest BCUT2D eigenvalue weighted by atomic mass is 16.5. The van der Waals surface area contributed by atoms with Crippen molar-refractivity contribution in [2.45, 2.75) is 51.9 Å². The van der Waals surface area contributed by atoms with Crippen molar-refractivity contribution in [2.75, 3.05) is 13.2 Å². The van der Waals surface area contributed by atoms with E-state index in [4.69, 9.17) is 9.47 Å². The monoisotopic (exact) mass is 262 g/mol. The van der Waals surface area contributed by atoms with Crippen molar-refractivity contribution in [3.63, 3.8) is 0 Å². The molecule has 106 valence electrons. The van der Waals surface area contributed by atoms with Gasteiger partial charge in [-0.3, -0.25) is 0 Å². The first-order valence-corrected chi connectivity index (χ1v) is 7.74. The summed E-state index contributed by atoms with van der Waals surface area (Å²) >= 11 is 0. The van der Waals surface area contributed by atoms with Crippen LogP contribution < -0.4 is 9.47 Å². The molecule has 2 heteroatoms. The maximum atomic E-state index is 5.83. The minimum atomic E-state index is 0.683. The quantitative estimate of drug-likeness (QED) is 0.625. The summed E-state index contributed by atoms with van der Waals surface area (Å²) in [5.41, 5.74) is 0. The molecule has 0 N–H and O–H groups in total. The fraction of sp³-hybridized carbons (Fsp3) is 0.647. The lowest BCUT2D eigenvalue weighted by Crippen LogP contribution is -2.02.